The van der Waals surface area contributed by atoms with Crippen LogP contribution in [0.4, 0.5) is 4.79 Å². The van der Waals surface area contributed by atoms with Crippen molar-refractivity contribution in [2.24, 2.45) is 5.73 Å². The van der Waals surface area contributed by atoms with Gasteiger partial charge in [0.1, 0.15) is 0 Å². The van der Waals surface area contributed by atoms with Gasteiger partial charge in [-0.15, -0.1) is 0 Å². The van der Waals surface area contributed by atoms with Gasteiger partial charge in [-0.25, -0.2) is 4.79 Å². The van der Waals surface area contributed by atoms with Gasteiger partial charge in [-0.05, 0) is 18.6 Å². The number of amides is 2. The fourth-order valence-corrected chi connectivity index (χ4v) is 1.06. The minimum Gasteiger partial charge on any atom is -0.351 e. The van der Waals surface area contributed by atoms with Crippen LogP contribution >= 0.6 is 0 Å². The molecule has 70 valence electrons. The summed E-state index contributed by atoms with van der Waals surface area (Å²) in [6, 6.07) is 3.36. The van der Waals surface area contributed by atoms with E-state index in [1.54, 1.807) is 17.3 Å². The SMILES string of the molecule is CCN(Cc1cccnc1)C(N)=O. The standard InChI is InChI=1S/C9H13N3O/c1-2-12(9(10)13)7-8-4-3-5-11-6-8/h3-6H,2,7H2,1H3,(H2,10,13). The van der Waals surface area contributed by atoms with E-state index < -0.39 is 6.03 Å². The van der Waals surface area contributed by atoms with Crippen molar-refractivity contribution in [1.29, 1.82) is 0 Å². The van der Waals surface area contributed by atoms with Crippen molar-refractivity contribution in [2.75, 3.05) is 6.54 Å². The molecule has 1 rings (SSSR count). The number of carbonyl (C=O) groups is 1. The van der Waals surface area contributed by atoms with Crippen molar-refractivity contribution in [3.63, 3.8) is 0 Å². The van der Waals surface area contributed by atoms with Gasteiger partial charge in [0.25, 0.3) is 0 Å². The zero-order valence-corrected chi connectivity index (χ0v) is 7.60. The fraction of sp³-hybridized carbons (Fsp3) is 0.333. The number of nitrogens with two attached hydrogens (primary N) is 1. The zero-order chi connectivity index (χ0) is 9.68. The Kier molecular flexibility index (Phi) is 3.25. The van der Waals surface area contributed by atoms with Crippen molar-refractivity contribution in [3.8, 4) is 0 Å². The molecule has 13 heavy (non-hydrogen) atoms. The van der Waals surface area contributed by atoms with E-state index in [-0.39, 0.29) is 0 Å². The monoisotopic (exact) mass is 179 g/mol. The third-order valence-corrected chi connectivity index (χ3v) is 1.79. The van der Waals surface area contributed by atoms with Gasteiger partial charge in [0.15, 0.2) is 0 Å². The van der Waals surface area contributed by atoms with Crippen LogP contribution in [0.15, 0.2) is 24.5 Å². The molecule has 1 heterocycles. The van der Waals surface area contributed by atoms with Crippen molar-refractivity contribution in [1.82, 2.24) is 9.88 Å². The van der Waals surface area contributed by atoms with E-state index in [0.29, 0.717) is 13.1 Å². The highest BCUT2D eigenvalue weighted by molar-refractivity contribution is 5.71. The van der Waals surface area contributed by atoms with Gasteiger partial charge in [0.2, 0.25) is 0 Å². The Morgan fingerprint density at radius 1 is 1.69 bits per heavy atom. The molecule has 4 heteroatoms. The Balaban J connectivity index is 2.62. The van der Waals surface area contributed by atoms with Gasteiger partial charge >= 0.3 is 6.03 Å². The number of carbonyl (C=O) groups excluding carboxylic acids is 1. The molecule has 0 bridgehead atoms. The second-order valence-electron chi connectivity index (χ2n) is 2.71. The van der Waals surface area contributed by atoms with Crippen molar-refractivity contribution < 1.29 is 4.79 Å². The van der Waals surface area contributed by atoms with Crippen LogP contribution in [-0.4, -0.2) is 22.5 Å². The predicted octanol–water partition coefficient (Wildman–Crippen LogP) is 0.982. The topological polar surface area (TPSA) is 59.2 Å². The maximum Gasteiger partial charge on any atom is 0.315 e. The maximum absolute atomic E-state index is 10.9. The van der Waals surface area contributed by atoms with Gasteiger partial charge in [-0.1, -0.05) is 6.07 Å². The van der Waals surface area contributed by atoms with E-state index >= 15 is 0 Å². The largest absolute Gasteiger partial charge is 0.351 e. The fourth-order valence-electron chi connectivity index (χ4n) is 1.06. The van der Waals surface area contributed by atoms with Gasteiger partial charge in [0.05, 0.1) is 0 Å². The molecule has 0 aliphatic carbocycles. The molecule has 0 aromatic carbocycles. The normalized spacial score (nSPS) is 9.62. The predicted molar refractivity (Wildman–Crippen MR) is 49.9 cm³/mol. The van der Waals surface area contributed by atoms with Crippen LogP contribution in [0.3, 0.4) is 0 Å². The van der Waals surface area contributed by atoms with Crippen LogP contribution in [0.5, 0.6) is 0 Å². The molecule has 0 unspecified atom stereocenters. The third-order valence-electron chi connectivity index (χ3n) is 1.79. The van der Waals surface area contributed by atoms with Crippen LogP contribution < -0.4 is 5.73 Å². The molecule has 2 amide bonds. The molecule has 1 aromatic rings. The minimum atomic E-state index is -0.397. The first kappa shape index (κ1) is 9.51. The van der Waals surface area contributed by atoms with Crippen LogP contribution in [-0.2, 0) is 6.54 Å². The summed E-state index contributed by atoms with van der Waals surface area (Å²) < 4.78 is 0. The van der Waals surface area contributed by atoms with Gasteiger partial charge in [-0.2, -0.15) is 0 Å². The van der Waals surface area contributed by atoms with E-state index in [1.807, 2.05) is 19.1 Å². The van der Waals surface area contributed by atoms with Crippen LogP contribution in [0, 0.1) is 0 Å². The number of pyridine rings is 1. The number of aromatic nitrogens is 1. The average molecular weight is 179 g/mol. The van der Waals surface area contributed by atoms with Crippen molar-refractivity contribution in [2.45, 2.75) is 13.5 Å². The molecule has 2 N–H and O–H groups in total. The molecule has 1 aromatic heterocycles. The Morgan fingerprint density at radius 3 is 2.92 bits per heavy atom. The summed E-state index contributed by atoms with van der Waals surface area (Å²) in [5.74, 6) is 0. The van der Waals surface area contributed by atoms with E-state index in [9.17, 15) is 4.79 Å². The minimum absolute atomic E-state index is 0.397. The molecule has 0 aliphatic heterocycles. The molecule has 0 atom stereocenters. The first-order chi connectivity index (χ1) is 6.24. The van der Waals surface area contributed by atoms with E-state index in [4.69, 9.17) is 5.73 Å². The summed E-state index contributed by atoms with van der Waals surface area (Å²) in [5.41, 5.74) is 6.15. The van der Waals surface area contributed by atoms with Crippen LogP contribution in [0.25, 0.3) is 0 Å². The molecule has 0 saturated heterocycles. The lowest BCUT2D eigenvalue weighted by molar-refractivity contribution is 0.208. The first-order valence-electron chi connectivity index (χ1n) is 4.17. The molecule has 0 saturated carbocycles. The van der Waals surface area contributed by atoms with Crippen LogP contribution in [0.1, 0.15) is 12.5 Å². The highest BCUT2D eigenvalue weighted by Crippen LogP contribution is 2.01. The molecule has 0 fully saturated rings. The molecular formula is C9H13N3O. The molecular weight excluding hydrogens is 166 g/mol. The summed E-state index contributed by atoms with van der Waals surface area (Å²) in [6.07, 6.45) is 3.43. The van der Waals surface area contributed by atoms with E-state index in [0.717, 1.165) is 5.56 Å². The highest BCUT2D eigenvalue weighted by atomic mass is 16.2. The second-order valence-corrected chi connectivity index (χ2v) is 2.71. The quantitative estimate of drug-likeness (QED) is 0.752. The molecule has 0 aliphatic rings. The summed E-state index contributed by atoms with van der Waals surface area (Å²) in [7, 11) is 0. The summed E-state index contributed by atoms with van der Waals surface area (Å²) in [4.78, 5) is 16.4. The lowest BCUT2D eigenvalue weighted by atomic mass is 10.3. The van der Waals surface area contributed by atoms with Gasteiger partial charge < -0.3 is 10.6 Å². The number of urea groups is 1. The molecule has 4 nitrogen and oxygen atoms in total. The summed E-state index contributed by atoms with van der Waals surface area (Å²) >= 11 is 0. The number of primary amides is 1. The highest BCUT2D eigenvalue weighted by Gasteiger charge is 2.06. The van der Waals surface area contributed by atoms with Crippen molar-refractivity contribution >= 4 is 6.03 Å². The smallest absolute Gasteiger partial charge is 0.315 e. The lowest BCUT2D eigenvalue weighted by Gasteiger charge is -2.17. The van der Waals surface area contributed by atoms with Gasteiger partial charge in [-0.3, -0.25) is 4.98 Å². The second kappa shape index (κ2) is 4.45. The Bertz CT molecular complexity index is 273. The Labute approximate surface area is 77.4 Å². The van der Waals surface area contributed by atoms with Crippen LogP contribution in [0.2, 0.25) is 0 Å². The van der Waals surface area contributed by atoms with Gasteiger partial charge in [0, 0.05) is 25.5 Å². The molecule has 0 spiro atoms. The number of nitrogens with zero attached hydrogens (tertiary/aromatic N) is 2. The number of hydrogen-bond acceptors (Lipinski definition) is 2. The summed E-state index contributed by atoms with van der Waals surface area (Å²) in [6.45, 7) is 3.03. The number of rotatable bonds is 3. The molecule has 0 radical (unpaired) electrons. The lowest BCUT2D eigenvalue weighted by Crippen LogP contribution is -2.34. The maximum atomic E-state index is 10.9. The number of hydrogen-bond donors (Lipinski definition) is 1. The van der Waals surface area contributed by atoms with E-state index in [1.165, 1.54) is 0 Å². The zero-order valence-electron chi connectivity index (χ0n) is 7.60. The average Bonchev–Trinajstić information content (AvgIpc) is 2.15. The Hall–Kier alpha value is -1.58. The van der Waals surface area contributed by atoms with E-state index in [2.05, 4.69) is 4.98 Å². The first-order valence-corrected chi connectivity index (χ1v) is 4.17. The summed E-state index contributed by atoms with van der Waals surface area (Å²) in [5, 5.41) is 0. The van der Waals surface area contributed by atoms with Crippen molar-refractivity contribution in [3.05, 3.63) is 30.1 Å². The third kappa shape index (κ3) is 2.74. The Morgan fingerprint density at radius 2 is 2.46 bits per heavy atom.